The Bertz CT molecular complexity index is 357. The van der Waals surface area contributed by atoms with Crippen LogP contribution in [0.25, 0.3) is 0 Å². The third kappa shape index (κ3) is 2.97. The van der Waals surface area contributed by atoms with Crippen molar-refractivity contribution in [2.75, 3.05) is 6.54 Å². The minimum absolute atomic E-state index is 0.100. The molecule has 0 aromatic rings. The maximum atomic E-state index is 11.8. The molecule has 1 heterocycles. The number of aliphatic carboxylic acids is 1. The number of ether oxygens (including phenoxy) is 1. The number of aliphatic hydroxyl groups excluding tert-OH is 1. The van der Waals surface area contributed by atoms with Crippen LogP contribution in [0.4, 0.5) is 4.79 Å². The summed E-state index contributed by atoms with van der Waals surface area (Å²) in [6.07, 6.45) is -1.79. The van der Waals surface area contributed by atoms with Crippen molar-refractivity contribution in [1.82, 2.24) is 4.90 Å². The summed E-state index contributed by atoms with van der Waals surface area (Å²) < 4.78 is 5.07. The summed E-state index contributed by atoms with van der Waals surface area (Å²) in [6.45, 7) is 8.43. The zero-order valence-corrected chi connectivity index (χ0v) is 10.1. The topological polar surface area (TPSA) is 87.1 Å². The third-order valence-electron chi connectivity index (χ3n) is 2.32. The van der Waals surface area contributed by atoms with Crippen LogP contribution in [-0.2, 0) is 9.53 Å². The van der Waals surface area contributed by atoms with Gasteiger partial charge in [0.2, 0.25) is 0 Å². The van der Waals surface area contributed by atoms with Crippen molar-refractivity contribution in [3.63, 3.8) is 0 Å². The molecule has 1 fully saturated rings. The van der Waals surface area contributed by atoms with E-state index in [4.69, 9.17) is 9.84 Å². The van der Waals surface area contributed by atoms with Gasteiger partial charge in [0.15, 0.2) is 6.04 Å². The number of aliphatic hydroxyl groups is 1. The number of rotatable bonds is 1. The maximum absolute atomic E-state index is 11.8. The largest absolute Gasteiger partial charge is 0.479 e. The van der Waals surface area contributed by atoms with E-state index in [0.717, 1.165) is 4.90 Å². The van der Waals surface area contributed by atoms with Gasteiger partial charge in [-0.05, 0) is 26.3 Å². The first kappa shape index (κ1) is 13.5. The molecule has 0 radical (unpaired) electrons. The van der Waals surface area contributed by atoms with Crippen molar-refractivity contribution < 1.29 is 24.5 Å². The van der Waals surface area contributed by atoms with E-state index in [-0.39, 0.29) is 12.1 Å². The number of carbonyl (C=O) groups excluding carboxylic acids is 1. The van der Waals surface area contributed by atoms with Gasteiger partial charge >= 0.3 is 12.1 Å². The highest BCUT2D eigenvalue weighted by Gasteiger charge is 2.43. The van der Waals surface area contributed by atoms with Gasteiger partial charge in [-0.2, -0.15) is 0 Å². The second-order valence-electron chi connectivity index (χ2n) is 4.96. The first-order valence-electron chi connectivity index (χ1n) is 5.22. The standard InChI is InChI=1S/C11H17NO5/c1-6-7(13)5-12(8(6)9(14)15)10(16)17-11(2,3)4/h7-8,13H,1,5H2,2-4H3,(H,14,15)/t7-,8+/m1/s1. The Morgan fingerprint density at radius 1 is 1.47 bits per heavy atom. The Morgan fingerprint density at radius 3 is 2.41 bits per heavy atom. The molecule has 2 atom stereocenters. The van der Waals surface area contributed by atoms with Crippen molar-refractivity contribution in [2.24, 2.45) is 0 Å². The first-order chi connectivity index (χ1) is 7.63. The Balaban J connectivity index is 2.86. The van der Waals surface area contributed by atoms with Gasteiger partial charge in [-0.3, -0.25) is 4.90 Å². The number of amides is 1. The molecule has 6 heteroatoms. The lowest BCUT2D eigenvalue weighted by molar-refractivity contribution is -0.140. The minimum atomic E-state index is -1.22. The van der Waals surface area contributed by atoms with Crippen LogP contribution < -0.4 is 0 Å². The number of carboxylic acids is 1. The van der Waals surface area contributed by atoms with Gasteiger partial charge in [0.1, 0.15) is 5.60 Å². The summed E-state index contributed by atoms with van der Waals surface area (Å²) in [5, 5.41) is 18.5. The predicted molar refractivity (Wildman–Crippen MR) is 59.5 cm³/mol. The Kier molecular flexibility index (Phi) is 3.47. The summed E-state index contributed by atoms with van der Waals surface area (Å²) in [7, 11) is 0. The van der Waals surface area contributed by atoms with Crippen LogP contribution in [0.1, 0.15) is 20.8 Å². The lowest BCUT2D eigenvalue weighted by atomic mass is 10.1. The van der Waals surface area contributed by atoms with Gasteiger partial charge in [-0.15, -0.1) is 0 Å². The van der Waals surface area contributed by atoms with Gasteiger partial charge in [0.25, 0.3) is 0 Å². The number of hydrogen-bond acceptors (Lipinski definition) is 4. The molecular weight excluding hydrogens is 226 g/mol. The smallest absolute Gasteiger partial charge is 0.411 e. The van der Waals surface area contributed by atoms with E-state index in [1.54, 1.807) is 20.8 Å². The SMILES string of the molecule is C=C1[C@@H](C(=O)O)N(C(=O)OC(C)(C)C)C[C@H]1O. The first-order valence-corrected chi connectivity index (χ1v) is 5.22. The van der Waals surface area contributed by atoms with Crippen molar-refractivity contribution in [1.29, 1.82) is 0 Å². The zero-order valence-electron chi connectivity index (χ0n) is 10.1. The average molecular weight is 243 g/mol. The van der Waals surface area contributed by atoms with E-state index < -0.39 is 29.8 Å². The van der Waals surface area contributed by atoms with Crippen LogP contribution in [0.5, 0.6) is 0 Å². The second kappa shape index (κ2) is 4.37. The molecule has 0 unspecified atom stereocenters. The molecule has 0 aromatic heterocycles. The molecular formula is C11H17NO5. The Morgan fingerprint density at radius 2 is 2.00 bits per heavy atom. The molecule has 0 aromatic carbocycles. The zero-order chi connectivity index (χ0) is 13.4. The number of β-amino-alcohol motifs (C(OH)–C–C–N with tert-alkyl or cyclic N) is 1. The highest BCUT2D eigenvalue weighted by Crippen LogP contribution is 2.25. The molecule has 17 heavy (non-hydrogen) atoms. The van der Waals surface area contributed by atoms with E-state index in [1.807, 2.05) is 0 Å². The fourth-order valence-corrected chi connectivity index (χ4v) is 1.58. The summed E-state index contributed by atoms with van der Waals surface area (Å²) in [5.74, 6) is -1.22. The highest BCUT2D eigenvalue weighted by molar-refractivity contribution is 5.84. The highest BCUT2D eigenvalue weighted by atomic mass is 16.6. The van der Waals surface area contributed by atoms with E-state index in [1.165, 1.54) is 0 Å². The molecule has 1 aliphatic heterocycles. The number of hydrogen-bond donors (Lipinski definition) is 2. The molecule has 1 rings (SSSR count). The monoisotopic (exact) mass is 243 g/mol. The van der Waals surface area contributed by atoms with Crippen LogP contribution in [0.2, 0.25) is 0 Å². The summed E-state index contributed by atoms with van der Waals surface area (Å²) in [5.41, 5.74) is -0.613. The molecule has 1 aliphatic rings. The van der Waals surface area contributed by atoms with Gasteiger partial charge in [-0.1, -0.05) is 6.58 Å². The molecule has 1 saturated heterocycles. The van der Waals surface area contributed by atoms with E-state index in [0.29, 0.717) is 0 Å². The molecule has 1 amide bonds. The maximum Gasteiger partial charge on any atom is 0.411 e. The van der Waals surface area contributed by atoms with Crippen LogP contribution in [0.3, 0.4) is 0 Å². The van der Waals surface area contributed by atoms with Crippen LogP contribution in [0.15, 0.2) is 12.2 Å². The normalized spacial score (nSPS) is 24.9. The molecule has 0 bridgehead atoms. The third-order valence-corrected chi connectivity index (χ3v) is 2.32. The number of nitrogens with zero attached hydrogens (tertiary/aromatic N) is 1. The molecule has 96 valence electrons. The van der Waals surface area contributed by atoms with E-state index >= 15 is 0 Å². The van der Waals surface area contributed by atoms with E-state index in [2.05, 4.69) is 6.58 Å². The second-order valence-corrected chi connectivity index (χ2v) is 4.96. The van der Waals surface area contributed by atoms with E-state index in [9.17, 15) is 14.7 Å². The number of carbonyl (C=O) groups is 2. The fraction of sp³-hybridized carbons (Fsp3) is 0.636. The molecule has 0 aliphatic carbocycles. The van der Waals surface area contributed by atoms with Crippen molar-refractivity contribution in [3.8, 4) is 0 Å². The summed E-state index contributed by atoms with van der Waals surface area (Å²) in [6, 6.07) is -1.22. The minimum Gasteiger partial charge on any atom is -0.479 e. The van der Waals surface area contributed by atoms with Crippen molar-refractivity contribution in [3.05, 3.63) is 12.2 Å². The molecule has 2 N–H and O–H groups in total. The molecule has 0 saturated carbocycles. The average Bonchev–Trinajstić information content (AvgIpc) is 2.40. The van der Waals surface area contributed by atoms with Gasteiger partial charge < -0.3 is 14.9 Å². The Hall–Kier alpha value is -1.56. The van der Waals surface area contributed by atoms with Gasteiger partial charge in [0.05, 0.1) is 12.6 Å². The quantitative estimate of drug-likeness (QED) is 0.659. The lowest BCUT2D eigenvalue weighted by Gasteiger charge is -2.26. The van der Waals surface area contributed by atoms with Crippen LogP contribution >= 0.6 is 0 Å². The fourth-order valence-electron chi connectivity index (χ4n) is 1.58. The molecule has 6 nitrogen and oxygen atoms in total. The van der Waals surface area contributed by atoms with Crippen LogP contribution in [-0.4, -0.2) is 51.5 Å². The number of carboxylic acid groups (broad SMARTS) is 1. The number of likely N-dealkylation sites (tertiary alicyclic amines) is 1. The Labute approximate surface area is 99.5 Å². The molecule has 0 spiro atoms. The van der Waals surface area contributed by atoms with Gasteiger partial charge in [-0.25, -0.2) is 9.59 Å². The van der Waals surface area contributed by atoms with Crippen molar-refractivity contribution >= 4 is 12.1 Å². The van der Waals surface area contributed by atoms with Crippen molar-refractivity contribution in [2.45, 2.75) is 38.5 Å². The van der Waals surface area contributed by atoms with Crippen LogP contribution in [0, 0.1) is 0 Å². The lowest BCUT2D eigenvalue weighted by Crippen LogP contribution is -2.43. The van der Waals surface area contributed by atoms with Gasteiger partial charge in [0, 0.05) is 0 Å². The summed E-state index contributed by atoms with van der Waals surface area (Å²) >= 11 is 0. The summed E-state index contributed by atoms with van der Waals surface area (Å²) in [4.78, 5) is 23.7. The predicted octanol–water partition coefficient (Wildman–Crippen LogP) is 0.607.